The van der Waals surface area contributed by atoms with Gasteiger partial charge in [-0.1, -0.05) is 18.2 Å². The van der Waals surface area contributed by atoms with Crippen LogP contribution >= 0.6 is 0 Å². The largest absolute Gasteiger partial charge is 0.508 e. The van der Waals surface area contributed by atoms with Gasteiger partial charge < -0.3 is 15.2 Å². The van der Waals surface area contributed by atoms with Crippen molar-refractivity contribution in [3.8, 4) is 18.1 Å². The maximum Gasteiger partial charge on any atom is 0.328 e. The molecule has 7 nitrogen and oxygen atoms in total. The second kappa shape index (κ2) is 8.29. The first-order valence-corrected chi connectivity index (χ1v) is 8.01. The number of benzene rings is 1. The molecule has 25 heavy (non-hydrogen) atoms. The fourth-order valence-corrected chi connectivity index (χ4v) is 2.49. The summed E-state index contributed by atoms with van der Waals surface area (Å²) < 4.78 is 4.74. The number of phenolic OH excluding ortho intramolecular Hbond substituents is 1. The number of carbonyl (C=O) groups is 2. The van der Waals surface area contributed by atoms with Crippen LogP contribution in [0.4, 0.5) is 0 Å². The zero-order valence-corrected chi connectivity index (χ0v) is 14.1. The van der Waals surface area contributed by atoms with Crippen LogP contribution in [0.5, 0.6) is 5.75 Å². The molecule has 1 heterocycles. The SMILES string of the molecule is C#CCCC1(CCC(=O)NC(Cc2ccccc2O)C(=O)OC)N=N1. The smallest absolute Gasteiger partial charge is 0.328 e. The van der Waals surface area contributed by atoms with Crippen LogP contribution in [0.3, 0.4) is 0 Å². The number of amides is 1. The number of phenols is 1. The number of carbonyl (C=O) groups excluding carboxylic acids is 2. The van der Waals surface area contributed by atoms with Crippen molar-refractivity contribution in [2.45, 2.75) is 43.8 Å². The standard InChI is InChI=1S/C18H21N3O4/c1-3-4-10-18(20-21-18)11-9-16(23)19-14(17(24)25-2)12-13-7-5-6-8-15(13)22/h1,5-8,14,22H,4,9-12H2,2H3,(H,19,23). The van der Waals surface area contributed by atoms with Crippen molar-refractivity contribution in [2.75, 3.05) is 7.11 Å². The van der Waals surface area contributed by atoms with E-state index in [-0.39, 0.29) is 24.5 Å². The van der Waals surface area contributed by atoms with Crippen LogP contribution in [0.25, 0.3) is 0 Å². The van der Waals surface area contributed by atoms with Crippen LogP contribution in [-0.2, 0) is 20.7 Å². The second-order valence-corrected chi connectivity index (χ2v) is 5.86. The fourth-order valence-electron chi connectivity index (χ4n) is 2.49. The Kier molecular flexibility index (Phi) is 6.12. The summed E-state index contributed by atoms with van der Waals surface area (Å²) in [7, 11) is 1.25. The van der Waals surface area contributed by atoms with E-state index < -0.39 is 17.7 Å². The monoisotopic (exact) mass is 343 g/mol. The van der Waals surface area contributed by atoms with Gasteiger partial charge in [0, 0.05) is 32.1 Å². The van der Waals surface area contributed by atoms with E-state index in [1.807, 2.05) is 0 Å². The van der Waals surface area contributed by atoms with Gasteiger partial charge in [-0.3, -0.25) is 4.79 Å². The molecule has 0 aromatic heterocycles. The molecule has 0 aliphatic carbocycles. The van der Waals surface area contributed by atoms with E-state index in [1.54, 1.807) is 18.2 Å². The summed E-state index contributed by atoms with van der Waals surface area (Å²) >= 11 is 0. The quantitative estimate of drug-likeness (QED) is 0.528. The summed E-state index contributed by atoms with van der Waals surface area (Å²) in [5, 5.41) is 20.5. The number of esters is 1. The van der Waals surface area contributed by atoms with E-state index in [0.29, 0.717) is 24.8 Å². The van der Waals surface area contributed by atoms with Gasteiger partial charge in [0.15, 0.2) is 5.66 Å². The first kappa shape index (κ1) is 18.5. The van der Waals surface area contributed by atoms with Crippen LogP contribution in [0.2, 0.25) is 0 Å². The Morgan fingerprint density at radius 1 is 1.36 bits per heavy atom. The van der Waals surface area contributed by atoms with Crippen molar-refractivity contribution in [1.29, 1.82) is 0 Å². The third-order valence-corrected chi connectivity index (χ3v) is 4.04. The highest BCUT2D eigenvalue weighted by Crippen LogP contribution is 2.37. The van der Waals surface area contributed by atoms with Gasteiger partial charge in [-0.2, -0.15) is 10.2 Å². The first-order chi connectivity index (χ1) is 12.0. The molecule has 1 aliphatic rings. The van der Waals surface area contributed by atoms with E-state index in [0.717, 1.165) is 0 Å². The molecule has 1 aliphatic heterocycles. The van der Waals surface area contributed by atoms with Crippen molar-refractivity contribution >= 4 is 11.9 Å². The van der Waals surface area contributed by atoms with Crippen molar-refractivity contribution in [1.82, 2.24) is 5.32 Å². The Labute approximate surface area is 146 Å². The molecule has 132 valence electrons. The average Bonchev–Trinajstić information content (AvgIpc) is 3.39. The molecule has 1 atom stereocenters. The predicted octanol–water partition coefficient (Wildman–Crippen LogP) is 1.95. The minimum absolute atomic E-state index is 0.0643. The van der Waals surface area contributed by atoms with Crippen molar-refractivity contribution in [2.24, 2.45) is 10.2 Å². The number of nitrogens with zero attached hydrogens (tertiary/aromatic N) is 2. The molecule has 1 unspecified atom stereocenters. The number of hydrogen-bond donors (Lipinski definition) is 2. The predicted molar refractivity (Wildman–Crippen MR) is 90.6 cm³/mol. The molecule has 0 bridgehead atoms. The lowest BCUT2D eigenvalue weighted by molar-refractivity contribution is -0.145. The van der Waals surface area contributed by atoms with Gasteiger partial charge in [-0.05, 0) is 11.6 Å². The molecular weight excluding hydrogens is 322 g/mol. The number of methoxy groups -OCH3 is 1. The molecular formula is C18H21N3O4. The van der Waals surface area contributed by atoms with Crippen molar-refractivity contribution in [3.05, 3.63) is 29.8 Å². The highest BCUT2D eigenvalue weighted by Gasteiger charge is 2.39. The molecule has 0 saturated carbocycles. The van der Waals surface area contributed by atoms with Crippen molar-refractivity contribution in [3.63, 3.8) is 0 Å². The average molecular weight is 343 g/mol. The number of hydrogen-bond acceptors (Lipinski definition) is 6. The molecule has 1 amide bonds. The van der Waals surface area contributed by atoms with E-state index >= 15 is 0 Å². The summed E-state index contributed by atoms with van der Waals surface area (Å²) in [6.45, 7) is 0. The number of ether oxygens (including phenoxy) is 1. The van der Waals surface area contributed by atoms with Gasteiger partial charge in [0.25, 0.3) is 0 Å². The summed E-state index contributed by atoms with van der Waals surface area (Å²) in [6.07, 6.45) is 7.17. The molecule has 0 fully saturated rings. The number of para-hydroxylation sites is 1. The Hall–Kier alpha value is -2.88. The molecule has 1 aromatic carbocycles. The van der Waals surface area contributed by atoms with Gasteiger partial charge in [-0.25, -0.2) is 4.79 Å². The first-order valence-electron chi connectivity index (χ1n) is 8.01. The highest BCUT2D eigenvalue weighted by molar-refractivity contribution is 5.84. The Morgan fingerprint density at radius 3 is 2.68 bits per heavy atom. The Balaban J connectivity index is 1.91. The van der Waals surface area contributed by atoms with Gasteiger partial charge in [0.2, 0.25) is 5.91 Å². The fraction of sp³-hybridized carbons (Fsp3) is 0.444. The van der Waals surface area contributed by atoms with Crippen LogP contribution < -0.4 is 5.32 Å². The summed E-state index contributed by atoms with van der Waals surface area (Å²) in [6, 6.07) is 5.77. The van der Waals surface area contributed by atoms with Crippen LogP contribution in [-0.4, -0.2) is 35.8 Å². The Morgan fingerprint density at radius 2 is 2.08 bits per heavy atom. The van der Waals surface area contributed by atoms with Crippen LogP contribution in [0.1, 0.15) is 31.2 Å². The van der Waals surface area contributed by atoms with E-state index in [1.165, 1.54) is 13.2 Å². The summed E-state index contributed by atoms with van der Waals surface area (Å²) in [5.41, 5.74) is 0.0122. The molecule has 2 rings (SSSR count). The number of rotatable bonds is 9. The maximum atomic E-state index is 12.2. The third-order valence-electron chi connectivity index (χ3n) is 4.04. The van der Waals surface area contributed by atoms with Gasteiger partial charge in [-0.15, -0.1) is 12.3 Å². The number of terminal acetylenes is 1. The molecule has 0 spiro atoms. The lowest BCUT2D eigenvalue weighted by Gasteiger charge is -2.17. The molecule has 1 aromatic rings. The molecule has 0 radical (unpaired) electrons. The molecule has 2 N–H and O–H groups in total. The third kappa shape index (κ3) is 5.31. The van der Waals surface area contributed by atoms with E-state index in [9.17, 15) is 14.7 Å². The lowest BCUT2D eigenvalue weighted by Crippen LogP contribution is -2.43. The zero-order valence-electron chi connectivity index (χ0n) is 14.1. The number of nitrogens with one attached hydrogen (secondary N) is 1. The molecule has 7 heteroatoms. The van der Waals surface area contributed by atoms with E-state index in [4.69, 9.17) is 11.2 Å². The van der Waals surface area contributed by atoms with Gasteiger partial charge >= 0.3 is 5.97 Å². The second-order valence-electron chi connectivity index (χ2n) is 5.86. The van der Waals surface area contributed by atoms with Gasteiger partial charge in [0.05, 0.1) is 7.11 Å². The van der Waals surface area contributed by atoms with Crippen LogP contribution in [0.15, 0.2) is 34.5 Å². The van der Waals surface area contributed by atoms with E-state index in [2.05, 4.69) is 21.5 Å². The lowest BCUT2D eigenvalue weighted by atomic mass is 10.0. The minimum Gasteiger partial charge on any atom is -0.508 e. The van der Waals surface area contributed by atoms with Crippen LogP contribution in [0, 0.1) is 12.3 Å². The maximum absolute atomic E-state index is 12.2. The zero-order chi connectivity index (χ0) is 18.3. The summed E-state index contributed by atoms with van der Waals surface area (Å²) in [5.74, 6) is 1.73. The minimum atomic E-state index is -0.875. The summed E-state index contributed by atoms with van der Waals surface area (Å²) in [4.78, 5) is 24.1. The Bertz CT molecular complexity index is 703. The van der Waals surface area contributed by atoms with Gasteiger partial charge in [0.1, 0.15) is 11.8 Å². The normalized spacial score (nSPS) is 15.0. The topological polar surface area (TPSA) is 100 Å². The highest BCUT2D eigenvalue weighted by atomic mass is 16.5. The number of aromatic hydroxyl groups is 1. The molecule has 0 saturated heterocycles. The van der Waals surface area contributed by atoms with Crippen molar-refractivity contribution < 1.29 is 19.4 Å².